The number of H-pyrrole nitrogens is 1. The van der Waals surface area contributed by atoms with Gasteiger partial charge >= 0.3 is 0 Å². The van der Waals surface area contributed by atoms with Crippen LogP contribution >= 0.6 is 11.6 Å². The van der Waals surface area contributed by atoms with Crippen molar-refractivity contribution in [1.29, 1.82) is 0 Å². The van der Waals surface area contributed by atoms with Crippen LogP contribution in [0.25, 0.3) is 22.1 Å². The number of ether oxygens (including phenoxy) is 1. The van der Waals surface area contributed by atoms with Crippen LogP contribution in [0.2, 0.25) is 5.02 Å². The molecule has 10 heteroatoms. The molecule has 0 spiro atoms. The second-order valence-corrected chi connectivity index (χ2v) is 12.7. The number of hydrogen-bond donors (Lipinski definition) is 1. The molecule has 1 amide bonds. The lowest BCUT2D eigenvalue weighted by Gasteiger charge is -2.44. The number of hydrogen-bond acceptors (Lipinski definition) is 7. The quantitative estimate of drug-likeness (QED) is 0.214. The van der Waals surface area contributed by atoms with Crippen molar-refractivity contribution < 1.29 is 13.9 Å². The third kappa shape index (κ3) is 6.15. The Hall–Kier alpha value is -3.43. The number of nitrogens with one attached hydrogen (secondary N) is 1. The fourth-order valence-corrected chi connectivity index (χ4v) is 6.72. The highest BCUT2D eigenvalue weighted by molar-refractivity contribution is 6.30. The number of halogens is 1. The van der Waals surface area contributed by atoms with Crippen LogP contribution in [0.5, 0.6) is 0 Å². The van der Waals surface area contributed by atoms with Crippen molar-refractivity contribution in [1.82, 2.24) is 19.9 Å². The molecule has 6 rings (SSSR count). The first-order valence-electron chi connectivity index (χ1n) is 15.5. The summed E-state index contributed by atoms with van der Waals surface area (Å²) in [6.07, 6.45) is 7.69. The number of para-hydroxylation sites is 1. The van der Waals surface area contributed by atoms with Gasteiger partial charge in [0.15, 0.2) is 17.2 Å². The van der Waals surface area contributed by atoms with Crippen molar-refractivity contribution in [3.05, 3.63) is 63.3 Å². The highest BCUT2D eigenvalue weighted by Crippen LogP contribution is 2.39. The summed E-state index contributed by atoms with van der Waals surface area (Å²) >= 11 is 6.17. The molecule has 43 heavy (non-hydrogen) atoms. The molecule has 3 aromatic heterocycles. The number of aromatic amines is 1. The Kier molecular flexibility index (Phi) is 8.73. The van der Waals surface area contributed by atoms with Gasteiger partial charge in [0.05, 0.1) is 5.02 Å². The molecule has 228 valence electrons. The highest BCUT2D eigenvalue weighted by Gasteiger charge is 2.40. The highest BCUT2D eigenvalue weighted by atomic mass is 35.5. The Bertz CT molecular complexity index is 1660. The van der Waals surface area contributed by atoms with Crippen LogP contribution in [0.3, 0.4) is 0 Å². The number of fused-ring (bicyclic) bond motifs is 3. The van der Waals surface area contributed by atoms with Crippen LogP contribution in [-0.2, 0) is 21.6 Å². The molecule has 5 heterocycles. The Balaban J connectivity index is 0.970. The number of nitrogens with zero attached hydrogens (tertiary/aromatic N) is 4. The summed E-state index contributed by atoms with van der Waals surface area (Å²) in [7, 11) is 0. The fraction of sp³-hybridized carbons (Fsp3) is 0.515. The number of amides is 1. The molecular weight excluding hydrogens is 566 g/mol. The zero-order chi connectivity index (χ0) is 30.0. The third-order valence-electron chi connectivity index (χ3n) is 9.38. The van der Waals surface area contributed by atoms with Crippen LogP contribution in [-0.4, -0.2) is 58.5 Å². The van der Waals surface area contributed by atoms with Crippen LogP contribution in [0.4, 0.5) is 5.82 Å². The Labute approximate surface area is 256 Å². The zero-order valence-corrected chi connectivity index (χ0v) is 25.8. The summed E-state index contributed by atoms with van der Waals surface area (Å²) in [5, 5.41) is 1.52. The average molecular weight is 606 g/mol. The van der Waals surface area contributed by atoms with E-state index in [1.54, 1.807) is 6.07 Å². The smallest absolute Gasteiger partial charge is 0.251 e. The lowest BCUT2D eigenvalue weighted by molar-refractivity contribution is -0.134. The molecule has 2 saturated heterocycles. The van der Waals surface area contributed by atoms with Crippen molar-refractivity contribution in [2.24, 2.45) is 5.92 Å². The molecule has 2 aliphatic rings. The maximum Gasteiger partial charge on any atom is 0.251 e. The molecule has 2 atom stereocenters. The number of benzene rings is 1. The van der Waals surface area contributed by atoms with Crippen LogP contribution < -0.4 is 10.5 Å². The molecule has 0 bridgehead atoms. The standard InChI is InChI=1S/C33H40ClN5O4/c1-22-20-39(16-13-33(22,2)25-18-23(34)19-35-32(25)41)28(40)12-4-3-9-17-42-21-27-36-29-24-10-5-6-11-26(24)43-30(29)31(37-27)38-14-7-8-15-38/h5-6,10-11,18-19,22H,3-4,7-9,12-17,20-21H2,1-2H3,(H,35,41). The Morgan fingerprint density at radius 1 is 1.16 bits per heavy atom. The minimum Gasteiger partial charge on any atom is -0.450 e. The van der Waals surface area contributed by atoms with Crippen molar-refractivity contribution >= 4 is 45.4 Å². The lowest BCUT2D eigenvalue weighted by atomic mass is 9.68. The van der Waals surface area contributed by atoms with Crippen LogP contribution in [0.15, 0.2) is 45.7 Å². The van der Waals surface area contributed by atoms with Crippen molar-refractivity contribution in [3.8, 4) is 0 Å². The summed E-state index contributed by atoms with van der Waals surface area (Å²) in [6.45, 7) is 8.38. The minimum absolute atomic E-state index is 0.102. The third-order valence-corrected chi connectivity index (χ3v) is 9.60. The van der Waals surface area contributed by atoms with Gasteiger partial charge in [-0.3, -0.25) is 9.59 Å². The van der Waals surface area contributed by atoms with E-state index < -0.39 is 0 Å². The Morgan fingerprint density at radius 3 is 2.79 bits per heavy atom. The molecule has 2 fully saturated rings. The zero-order valence-electron chi connectivity index (χ0n) is 25.0. The number of pyridine rings is 1. The number of aromatic nitrogens is 3. The van der Waals surface area contributed by atoms with Crippen molar-refractivity contribution in [2.45, 2.75) is 70.8 Å². The van der Waals surface area contributed by atoms with Gasteiger partial charge in [0.25, 0.3) is 5.56 Å². The molecule has 0 saturated carbocycles. The largest absolute Gasteiger partial charge is 0.450 e. The molecule has 2 unspecified atom stereocenters. The maximum absolute atomic E-state index is 13.0. The van der Waals surface area contributed by atoms with E-state index in [2.05, 4.69) is 23.7 Å². The second-order valence-electron chi connectivity index (χ2n) is 12.3. The number of furan rings is 1. The van der Waals surface area contributed by atoms with Gasteiger partial charge in [-0.2, -0.15) is 0 Å². The van der Waals surface area contributed by atoms with E-state index >= 15 is 0 Å². The number of likely N-dealkylation sites (tertiary alicyclic amines) is 1. The minimum atomic E-state index is -0.319. The van der Waals surface area contributed by atoms with Crippen LogP contribution in [0.1, 0.15) is 70.2 Å². The van der Waals surface area contributed by atoms with E-state index in [1.165, 1.54) is 6.20 Å². The molecule has 0 aliphatic carbocycles. The number of carbonyl (C=O) groups excluding carboxylic acids is 1. The molecular formula is C33H40ClN5O4. The van der Waals surface area contributed by atoms with E-state index in [0.29, 0.717) is 49.1 Å². The number of anilines is 1. The topological polar surface area (TPSA) is 105 Å². The predicted octanol–water partition coefficient (Wildman–Crippen LogP) is 6.22. The maximum atomic E-state index is 13.0. The second kappa shape index (κ2) is 12.7. The van der Waals surface area contributed by atoms with Gasteiger partial charge in [-0.1, -0.05) is 44.0 Å². The van der Waals surface area contributed by atoms with Crippen LogP contribution in [0, 0.1) is 5.92 Å². The van der Waals surface area contributed by atoms with E-state index in [9.17, 15) is 9.59 Å². The van der Waals surface area contributed by atoms with Gasteiger partial charge in [-0.15, -0.1) is 0 Å². The summed E-state index contributed by atoms with van der Waals surface area (Å²) in [4.78, 5) is 42.1. The molecule has 9 nitrogen and oxygen atoms in total. The molecule has 0 radical (unpaired) electrons. The lowest BCUT2D eigenvalue weighted by Crippen LogP contribution is -2.51. The number of unbranched alkanes of at least 4 members (excludes halogenated alkanes) is 2. The van der Waals surface area contributed by atoms with E-state index in [-0.39, 0.29) is 22.8 Å². The SMILES string of the molecule is CC1CN(C(=O)CCCCCOCc2nc(N3CCCC3)c3oc4ccccc4c3n2)CCC1(C)c1cc(Cl)c[nH]c1=O. The molecule has 1 N–H and O–H groups in total. The number of carbonyl (C=O) groups is 1. The first kappa shape index (κ1) is 29.6. The fourth-order valence-electron chi connectivity index (χ4n) is 6.55. The normalized spacial score (nSPS) is 20.9. The van der Waals surface area contributed by atoms with Gasteiger partial charge in [0.2, 0.25) is 5.91 Å². The predicted molar refractivity (Wildman–Crippen MR) is 169 cm³/mol. The Morgan fingerprint density at radius 2 is 1.98 bits per heavy atom. The van der Waals surface area contributed by atoms with E-state index in [4.69, 9.17) is 30.7 Å². The van der Waals surface area contributed by atoms with Gasteiger partial charge in [0, 0.05) is 61.8 Å². The summed E-state index contributed by atoms with van der Waals surface area (Å²) in [5.41, 5.74) is 2.70. The van der Waals surface area contributed by atoms with Crippen molar-refractivity contribution in [2.75, 3.05) is 37.7 Å². The first-order valence-corrected chi connectivity index (χ1v) is 15.9. The first-order chi connectivity index (χ1) is 20.8. The molecule has 1 aromatic carbocycles. The van der Waals surface area contributed by atoms with Gasteiger partial charge in [-0.05, 0) is 56.2 Å². The summed E-state index contributed by atoms with van der Waals surface area (Å²) < 4.78 is 12.2. The van der Waals surface area contributed by atoms with E-state index in [0.717, 1.165) is 79.5 Å². The van der Waals surface area contributed by atoms with Gasteiger partial charge < -0.3 is 23.9 Å². The average Bonchev–Trinajstić information content (AvgIpc) is 3.67. The van der Waals surface area contributed by atoms with Gasteiger partial charge in [-0.25, -0.2) is 9.97 Å². The monoisotopic (exact) mass is 605 g/mol. The molecule has 4 aromatic rings. The van der Waals surface area contributed by atoms with E-state index in [1.807, 2.05) is 29.2 Å². The number of piperidine rings is 1. The molecule has 2 aliphatic heterocycles. The summed E-state index contributed by atoms with van der Waals surface area (Å²) in [6, 6.07) is 9.75. The van der Waals surface area contributed by atoms with Crippen molar-refractivity contribution in [3.63, 3.8) is 0 Å². The summed E-state index contributed by atoms with van der Waals surface area (Å²) in [5.74, 6) is 1.86. The number of rotatable bonds is 10. The van der Waals surface area contributed by atoms with Gasteiger partial charge in [0.1, 0.15) is 17.7 Å².